The molecule has 2 aliphatic carbocycles. The zero-order chi connectivity index (χ0) is 36.0. The molecule has 2 aliphatic heterocycles. The molecule has 2 spiro atoms. The molecule has 4 aromatic carbocycles. The largest absolute Gasteiger partial charge is 1.00 e. The molecule has 0 amide bonds. The van der Waals surface area contributed by atoms with Gasteiger partial charge in [0, 0.05) is 49.9 Å². The summed E-state index contributed by atoms with van der Waals surface area (Å²) in [6.07, 6.45) is 6.11. The summed E-state index contributed by atoms with van der Waals surface area (Å²) >= 11 is 0. The number of hydrogen-bond donors (Lipinski definition) is 1. The van der Waals surface area contributed by atoms with E-state index in [1.165, 1.54) is 33.4 Å². The third-order valence-corrected chi connectivity index (χ3v) is 10.9. The van der Waals surface area contributed by atoms with Gasteiger partial charge in [-0.15, -0.1) is 0 Å². The van der Waals surface area contributed by atoms with Crippen LogP contribution in [0.15, 0.2) is 97.1 Å². The van der Waals surface area contributed by atoms with Crippen molar-refractivity contribution < 1.29 is 63.9 Å². The molecule has 0 atom stereocenters. The van der Waals surface area contributed by atoms with Crippen molar-refractivity contribution in [3.63, 3.8) is 0 Å². The summed E-state index contributed by atoms with van der Waals surface area (Å²) in [6.45, 7) is 7.98. The van der Waals surface area contributed by atoms with Gasteiger partial charge in [-0.1, -0.05) is 72.8 Å². The SMILES string of the molecule is CCOC(=O)CN1CC2(Cc3ccc(OCCc4ccccc4)cc3C2)C1.O=C(O)CN1CC2(Cc3ccc(OCCc4ccccc4)cc3C2)C1.[Na+].[OH-]. The third-order valence-electron chi connectivity index (χ3n) is 10.9. The molecule has 0 aromatic heterocycles. The number of carboxylic acids is 1. The molecule has 54 heavy (non-hydrogen) atoms. The van der Waals surface area contributed by atoms with Crippen LogP contribution in [-0.4, -0.2) is 91.4 Å². The van der Waals surface area contributed by atoms with E-state index >= 15 is 0 Å². The fourth-order valence-electron chi connectivity index (χ4n) is 8.72. The second kappa shape index (κ2) is 18.8. The minimum atomic E-state index is -0.737. The van der Waals surface area contributed by atoms with Crippen molar-refractivity contribution in [2.75, 3.05) is 59.1 Å². The summed E-state index contributed by atoms with van der Waals surface area (Å²) in [7, 11) is 0. The molecule has 2 saturated heterocycles. The van der Waals surface area contributed by atoms with Crippen molar-refractivity contribution in [2.45, 2.75) is 45.4 Å². The summed E-state index contributed by atoms with van der Waals surface area (Å²) < 4.78 is 17.0. The Labute approximate surface area is 341 Å². The van der Waals surface area contributed by atoms with E-state index in [4.69, 9.17) is 19.3 Å². The van der Waals surface area contributed by atoms with Crippen molar-refractivity contribution in [3.05, 3.63) is 130 Å². The predicted molar refractivity (Wildman–Crippen MR) is 203 cm³/mol. The van der Waals surface area contributed by atoms with Crippen LogP contribution in [0.1, 0.15) is 40.3 Å². The third kappa shape index (κ3) is 10.5. The predicted octanol–water partition coefficient (Wildman–Crippen LogP) is 2.89. The molecule has 4 aliphatic rings. The zero-order valence-electron chi connectivity index (χ0n) is 31.7. The minimum Gasteiger partial charge on any atom is -0.870 e. The number of hydrogen-bond acceptors (Lipinski definition) is 8. The maximum absolute atomic E-state index is 11.6. The van der Waals surface area contributed by atoms with E-state index in [-0.39, 0.29) is 53.0 Å². The second-order valence-corrected chi connectivity index (χ2v) is 15.2. The molecule has 0 bridgehead atoms. The molecule has 280 valence electrons. The van der Waals surface area contributed by atoms with E-state index in [2.05, 4.69) is 89.8 Å². The molecule has 2 fully saturated rings. The summed E-state index contributed by atoms with van der Waals surface area (Å²) in [5.74, 6) is 1.05. The average molecular weight is 743 g/mol. The second-order valence-electron chi connectivity index (χ2n) is 15.2. The van der Waals surface area contributed by atoms with Gasteiger partial charge in [0.15, 0.2) is 0 Å². The zero-order valence-corrected chi connectivity index (χ0v) is 33.7. The number of benzene rings is 4. The van der Waals surface area contributed by atoms with Crippen LogP contribution in [0.2, 0.25) is 0 Å². The quantitative estimate of drug-likeness (QED) is 0.163. The van der Waals surface area contributed by atoms with Crippen molar-refractivity contribution in [2.24, 2.45) is 10.8 Å². The van der Waals surface area contributed by atoms with E-state index in [1.807, 2.05) is 24.0 Å². The first-order valence-corrected chi connectivity index (χ1v) is 18.7. The van der Waals surface area contributed by atoms with Gasteiger partial charge < -0.3 is 24.8 Å². The fraction of sp³-hybridized carbons (Fsp3) is 0.409. The standard InChI is InChI=1S/C23H27NO3.C21H23NO3.Na.H2O/c1-2-26-22(25)15-24-16-23(17-24)13-19-8-9-21(12-20(19)14-23)27-11-10-18-6-4-3-5-7-18;23-20(24)13-22-14-21(15-22)11-17-6-7-19(10-18(17)12-21)25-9-8-16-4-2-1-3-5-16;;/h3-9,12H,2,10-11,13-17H2,1H3;1-7,10H,8-9,11-15H2,(H,23,24);;1H2/q;;+1;/p-1. The fourth-order valence-corrected chi connectivity index (χ4v) is 8.72. The number of aliphatic carboxylic acids is 1. The number of carbonyl (C=O) groups is 2. The van der Waals surface area contributed by atoms with Crippen LogP contribution in [0.3, 0.4) is 0 Å². The van der Waals surface area contributed by atoms with Crippen LogP contribution in [0.25, 0.3) is 0 Å². The van der Waals surface area contributed by atoms with Gasteiger partial charge in [-0.3, -0.25) is 19.4 Å². The number of carbonyl (C=O) groups excluding carboxylic acids is 1. The van der Waals surface area contributed by atoms with Crippen molar-refractivity contribution in [3.8, 4) is 11.5 Å². The summed E-state index contributed by atoms with van der Waals surface area (Å²) in [6, 6.07) is 33.8. The maximum atomic E-state index is 11.6. The van der Waals surface area contributed by atoms with Crippen LogP contribution >= 0.6 is 0 Å². The maximum Gasteiger partial charge on any atom is 1.00 e. The number of likely N-dealkylation sites (tertiary alicyclic amines) is 2. The van der Waals surface area contributed by atoms with Gasteiger partial charge in [-0.05, 0) is 90.3 Å². The van der Waals surface area contributed by atoms with E-state index in [0.717, 1.165) is 76.2 Å². The summed E-state index contributed by atoms with van der Waals surface area (Å²) in [4.78, 5) is 26.7. The van der Waals surface area contributed by atoms with Gasteiger partial charge in [0.25, 0.3) is 0 Å². The van der Waals surface area contributed by atoms with E-state index in [0.29, 0.717) is 31.8 Å². The molecule has 0 radical (unpaired) electrons. The minimum absolute atomic E-state index is 0. The first-order chi connectivity index (χ1) is 25.3. The van der Waals surface area contributed by atoms with Gasteiger partial charge in [0.05, 0.1) is 32.9 Å². The molecule has 10 heteroatoms. The van der Waals surface area contributed by atoms with Crippen LogP contribution < -0.4 is 39.0 Å². The Hall–Kier alpha value is -3.70. The molecule has 9 nitrogen and oxygen atoms in total. The van der Waals surface area contributed by atoms with Gasteiger partial charge in [0.1, 0.15) is 11.5 Å². The molecule has 2 N–H and O–H groups in total. The summed E-state index contributed by atoms with van der Waals surface area (Å²) in [5.41, 5.74) is 8.74. The average Bonchev–Trinajstić information content (AvgIpc) is 3.68. The monoisotopic (exact) mass is 742 g/mol. The molecular weight excluding hydrogens is 691 g/mol. The topological polar surface area (TPSA) is 119 Å². The van der Waals surface area contributed by atoms with Gasteiger partial charge in [-0.2, -0.15) is 0 Å². The van der Waals surface area contributed by atoms with Crippen molar-refractivity contribution in [1.29, 1.82) is 0 Å². The summed E-state index contributed by atoms with van der Waals surface area (Å²) in [5, 5.41) is 8.90. The Morgan fingerprint density at radius 1 is 0.630 bits per heavy atom. The van der Waals surface area contributed by atoms with Crippen molar-refractivity contribution in [1.82, 2.24) is 9.80 Å². The first-order valence-electron chi connectivity index (χ1n) is 18.7. The molecule has 0 saturated carbocycles. The normalized spacial score (nSPS) is 17.0. The van der Waals surface area contributed by atoms with Crippen LogP contribution in [0.4, 0.5) is 0 Å². The number of fused-ring (bicyclic) bond motifs is 2. The molecular formula is C44H51N2NaO7. The van der Waals surface area contributed by atoms with E-state index < -0.39 is 5.97 Å². The van der Waals surface area contributed by atoms with Crippen LogP contribution in [-0.2, 0) is 52.9 Å². The Balaban J connectivity index is 0.000000201. The van der Waals surface area contributed by atoms with Crippen molar-refractivity contribution >= 4 is 11.9 Å². The Bertz CT molecular complexity index is 1840. The van der Waals surface area contributed by atoms with Gasteiger partial charge in [-0.25, -0.2) is 0 Å². The molecule has 2 heterocycles. The van der Waals surface area contributed by atoms with Crippen LogP contribution in [0, 0.1) is 10.8 Å². The number of nitrogens with zero attached hydrogens (tertiary/aromatic N) is 2. The first kappa shape index (κ1) is 41.5. The van der Waals surface area contributed by atoms with Crippen LogP contribution in [0.5, 0.6) is 11.5 Å². The Kier molecular flexibility index (Phi) is 14.4. The Morgan fingerprint density at radius 2 is 1.06 bits per heavy atom. The number of carboxylic acid groups (broad SMARTS) is 1. The molecule has 8 rings (SSSR count). The van der Waals surface area contributed by atoms with E-state index in [9.17, 15) is 9.59 Å². The Morgan fingerprint density at radius 3 is 1.48 bits per heavy atom. The van der Waals surface area contributed by atoms with Gasteiger partial charge in [0.2, 0.25) is 0 Å². The number of ether oxygens (including phenoxy) is 3. The van der Waals surface area contributed by atoms with Gasteiger partial charge >= 0.3 is 41.5 Å². The van der Waals surface area contributed by atoms with E-state index in [1.54, 1.807) is 0 Å². The number of rotatable bonds is 13. The molecule has 4 aromatic rings. The number of esters is 1. The molecule has 0 unspecified atom stereocenters. The smallest absolute Gasteiger partial charge is 0.870 e.